The normalized spacial score (nSPS) is 14.3. The van der Waals surface area contributed by atoms with Crippen molar-refractivity contribution in [3.05, 3.63) is 23.9 Å². The average molecular weight is 234 g/mol. The van der Waals surface area contributed by atoms with E-state index < -0.39 is 11.8 Å². The molecule has 2 amide bonds. The van der Waals surface area contributed by atoms with E-state index in [1.165, 1.54) is 7.11 Å². The molecule has 0 aromatic carbocycles. The zero-order valence-corrected chi connectivity index (χ0v) is 9.06. The fourth-order valence-electron chi connectivity index (χ4n) is 1.33. The number of carbonyl (C=O) groups is 2. The number of methoxy groups -OCH3 is 1. The minimum atomic E-state index is -0.707. The third-order valence-electron chi connectivity index (χ3n) is 2.12. The Morgan fingerprint density at radius 2 is 2.06 bits per heavy atom. The molecule has 2 rings (SSSR count). The zero-order chi connectivity index (χ0) is 12.3. The van der Waals surface area contributed by atoms with Gasteiger partial charge in [-0.1, -0.05) is 6.07 Å². The van der Waals surface area contributed by atoms with Gasteiger partial charge in [0.25, 0.3) is 0 Å². The van der Waals surface area contributed by atoms with Crippen LogP contribution in [-0.2, 0) is 16.1 Å². The Bertz CT molecular complexity index is 480. The second-order valence-electron chi connectivity index (χ2n) is 3.24. The monoisotopic (exact) mass is 234 g/mol. The average Bonchev–Trinajstić information content (AvgIpc) is 2.66. The molecule has 7 nitrogen and oxygen atoms in total. The number of ether oxygens (including phenoxy) is 1. The third kappa shape index (κ3) is 2.39. The number of carbonyl (C=O) groups excluding carboxylic acids is 2. The molecule has 0 aliphatic carbocycles. The number of amides is 2. The molecule has 0 radical (unpaired) electrons. The lowest BCUT2D eigenvalue weighted by Gasteiger charge is -2.04. The molecule has 0 unspecified atom stereocenters. The molecule has 1 aliphatic rings. The maximum absolute atomic E-state index is 10.9. The summed E-state index contributed by atoms with van der Waals surface area (Å²) in [6.07, 6.45) is 1.61. The van der Waals surface area contributed by atoms with E-state index in [2.05, 4.69) is 20.6 Å². The minimum Gasteiger partial charge on any atom is -0.481 e. The van der Waals surface area contributed by atoms with Crippen molar-refractivity contribution in [1.29, 1.82) is 0 Å². The highest BCUT2D eigenvalue weighted by Gasteiger charge is 2.24. The number of nitrogens with one attached hydrogen (secondary N) is 2. The Balaban J connectivity index is 2.10. The fourth-order valence-corrected chi connectivity index (χ4v) is 1.33. The van der Waals surface area contributed by atoms with E-state index in [9.17, 15) is 9.59 Å². The van der Waals surface area contributed by atoms with Crippen LogP contribution in [0.3, 0.4) is 0 Å². The number of aromatic nitrogens is 1. The predicted molar refractivity (Wildman–Crippen MR) is 58.2 cm³/mol. The number of hydrogen-bond donors (Lipinski definition) is 2. The predicted octanol–water partition coefficient (Wildman–Crippen LogP) is -0.808. The molecule has 1 aromatic rings. The molecule has 0 saturated carbocycles. The molecule has 0 spiro atoms. The summed E-state index contributed by atoms with van der Waals surface area (Å²) < 4.78 is 5.05. The van der Waals surface area contributed by atoms with Gasteiger partial charge in [-0.05, 0) is 6.07 Å². The highest BCUT2D eigenvalue weighted by molar-refractivity contribution is 6.45. The maximum Gasteiger partial charge on any atom is 0.316 e. The van der Waals surface area contributed by atoms with Gasteiger partial charge in [-0.3, -0.25) is 20.2 Å². The molecular formula is C10H10N4O3. The SMILES string of the molecule is COc1ncccc1CN=C1NC(=O)C(=O)N1. The standard InChI is InChI=1S/C10H10N4O3/c1-17-9-6(3-2-4-11-9)5-12-10-13-7(15)8(16)14-10/h2-4H,5H2,1H3,(H2,12,13,14,15,16). The lowest BCUT2D eigenvalue weighted by atomic mass is 10.3. The van der Waals surface area contributed by atoms with Crippen LogP contribution in [0.1, 0.15) is 5.56 Å². The van der Waals surface area contributed by atoms with Crippen LogP contribution in [0.5, 0.6) is 5.88 Å². The van der Waals surface area contributed by atoms with Crippen LogP contribution in [0.15, 0.2) is 23.3 Å². The van der Waals surface area contributed by atoms with Gasteiger partial charge in [-0.2, -0.15) is 0 Å². The molecular weight excluding hydrogens is 224 g/mol. The topological polar surface area (TPSA) is 92.7 Å². The fraction of sp³-hybridized carbons (Fsp3) is 0.200. The van der Waals surface area contributed by atoms with Crippen molar-refractivity contribution in [2.75, 3.05) is 7.11 Å². The quantitative estimate of drug-likeness (QED) is 0.669. The van der Waals surface area contributed by atoms with E-state index in [0.717, 1.165) is 5.56 Å². The second kappa shape index (κ2) is 4.60. The van der Waals surface area contributed by atoms with E-state index in [1.807, 2.05) is 0 Å². The Kier molecular flexibility index (Phi) is 2.99. The Hall–Kier alpha value is -2.44. The number of guanidine groups is 1. The molecule has 0 atom stereocenters. The van der Waals surface area contributed by atoms with Crippen molar-refractivity contribution in [3.8, 4) is 5.88 Å². The van der Waals surface area contributed by atoms with Gasteiger partial charge in [-0.15, -0.1) is 0 Å². The minimum absolute atomic E-state index is 0.144. The first-order valence-corrected chi connectivity index (χ1v) is 4.85. The summed E-state index contributed by atoms with van der Waals surface area (Å²) in [5, 5.41) is 4.60. The summed E-state index contributed by atoms with van der Waals surface area (Å²) in [6, 6.07) is 3.55. The Morgan fingerprint density at radius 3 is 2.71 bits per heavy atom. The number of aliphatic imine (C=N–C) groups is 1. The smallest absolute Gasteiger partial charge is 0.316 e. The zero-order valence-electron chi connectivity index (χ0n) is 9.06. The highest BCUT2D eigenvalue weighted by atomic mass is 16.5. The van der Waals surface area contributed by atoms with Gasteiger partial charge >= 0.3 is 11.8 Å². The summed E-state index contributed by atoms with van der Waals surface area (Å²) in [6.45, 7) is 0.257. The highest BCUT2D eigenvalue weighted by Crippen LogP contribution is 2.14. The van der Waals surface area contributed by atoms with Crippen molar-refractivity contribution in [2.24, 2.45) is 4.99 Å². The van der Waals surface area contributed by atoms with E-state index in [-0.39, 0.29) is 12.5 Å². The van der Waals surface area contributed by atoms with E-state index in [0.29, 0.717) is 5.88 Å². The Labute approximate surface area is 96.9 Å². The van der Waals surface area contributed by atoms with Gasteiger partial charge in [0.1, 0.15) is 0 Å². The maximum atomic E-state index is 10.9. The first kappa shape index (κ1) is 11.1. The van der Waals surface area contributed by atoms with Crippen LogP contribution in [0.4, 0.5) is 0 Å². The van der Waals surface area contributed by atoms with Crippen LogP contribution in [0.2, 0.25) is 0 Å². The third-order valence-corrected chi connectivity index (χ3v) is 2.12. The van der Waals surface area contributed by atoms with Gasteiger partial charge in [0.05, 0.1) is 13.7 Å². The second-order valence-corrected chi connectivity index (χ2v) is 3.24. The van der Waals surface area contributed by atoms with E-state index in [4.69, 9.17) is 4.74 Å². The molecule has 1 saturated heterocycles. The van der Waals surface area contributed by atoms with Crippen LogP contribution in [0, 0.1) is 0 Å². The molecule has 1 aliphatic heterocycles. The number of pyridine rings is 1. The molecule has 1 aromatic heterocycles. The van der Waals surface area contributed by atoms with Crippen molar-refractivity contribution in [1.82, 2.24) is 15.6 Å². The van der Waals surface area contributed by atoms with Gasteiger partial charge in [0, 0.05) is 11.8 Å². The van der Waals surface area contributed by atoms with Crippen LogP contribution in [0.25, 0.3) is 0 Å². The largest absolute Gasteiger partial charge is 0.481 e. The van der Waals surface area contributed by atoms with Crippen molar-refractivity contribution in [2.45, 2.75) is 6.54 Å². The summed E-state index contributed by atoms with van der Waals surface area (Å²) in [7, 11) is 1.51. The van der Waals surface area contributed by atoms with Crippen LogP contribution in [-0.4, -0.2) is 29.9 Å². The van der Waals surface area contributed by atoms with Gasteiger partial charge in [0.2, 0.25) is 11.8 Å². The molecule has 17 heavy (non-hydrogen) atoms. The Morgan fingerprint density at radius 1 is 1.35 bits per heavy atom. The molecule has 88 valence electrons. The van der Waals surface area contributed by atoms with Crippen molar-refractivity contribution in [3.63, 3.8) is 0 Å². The molecule has 1 fully saturated rings. The summed E-state index contributed by atoms with van der Waals surface area (Å²) >= 11 is 0. The van der Waals surface area contributed by atoms with Gasteiger partial charge in [-0.25, -0.2) is 9.98 Å². The molecule has 7 heteroatoms. The first-order chi connectivity index (χ1) is 8.20. The van der Waals surface area contributed by atoms with Crippen molar-refractivity contribution < 1.29 is 14.3 Å². The number of rotatable bonds is 3. The summed E-state index contributed by atoms with van der Waals surface area (Å²) in [5.41, 5.74) is 0.762. The lowest BCUT2D eigenvalue weighted by Crippen LogP contribution is -2.25. The van der Waals surface area contributed by atoms with Gasteiger partial charge < -0.3 is 4.74 Å². The number of nitrogens with zero attached hydrogens (tertiary/aromatic N) is 2. The summed E-state index contributed by atoms with van der Waals surface area (Å²) in [4.78, 5) is 29.8. The summed E-state index contributed by atoms with van der Waals surface area (Å²) in [5.74, 6) is -0.804. The first-order valence-electron chi connectivity index (χ1n) is 4.85. The number of hydrogen-bond acceptors (Lipinski definition) is 5. The van der Waals surface area contributed by atoms with Crippen LogP contribution < -0.4 is 15.4 Å². The molecule has 2 N–H and O–H groups in total. The van der Waals surface area contributed by atoms with Crippen molar-refractivity contribution >= 4 is 17.8 Å². The van der Waals surface area contributed by atoms with Gasteiger partial charge in [0.15, 0.2) is 0 Å². The van der Waals surface area contributed by atoms with Crippen LogP contribution >= 0.6 is 0 Å². The van der Waals surface area contributed by atoms with E-state index in [1.54, 1.807) is 18.3 Å². The molecule has 0 bridgehead atoms. The molecule has 2 heterocycles. The van der Waals surface area contributed by atoms with E-state index >= 15 is 0 Å². The lowest BCUT2D eigenvalue weighted by molar-refractivity contribution is -0.135.